The number of nitrogens with zero attached hydrogens (tertiary/aromatic N) is 2. The standard InChI is InChI=1S/C22H22N2OS/c1-16-20(13-14-21(23-16)18-7-5-4-6-8-18)22(25)24(2)15-17-9-11-19(26-3)12-10-17/h4-14H,15H2,1-3H3. The number of carbonyl (C=O) groups excluding carboxylic acids is 1. The Morgan fingerprint density at radius 2 is 1.69 bits per heavy atom. The van der Waals surface area contributed by atoms with Crippen molar-refractivity contribution < 1.29 is 4.79 Å². The summed E-state index contributed by atoms with van der Waals surface area (Å²) in [5, 5.41) is 0. The van der Waals surface area contributed by atoms with Crippen LogP contribution in [0.3, 0.4) is 0 Å². The highest BCUT2D eigenvalue weighted by Gasteiger charge is 2.16. The number of carbonyl (C=O) groups is 1. The van der Waals surface area contributed by atoms with E-state index >= 15 is 0 Å². The summed E-state index contributed by atoms with van der Waals surface area (Å²) in [4.78, 5) is 20.4. The van der Waals surface area contributed by atoms with E-state index in [0.29, 0.717) is 12.1 Å². The molecule has 0 radical (unpaired) electrons. The number of aromatic nitrogens is 1. The second kappa shape index (κ2) is 8.19. The van der Waals surface area contributed by atoms with Crippen LogP contribution in [0.4, 0.5) is 0 Å². The summed E-state index contributed by atoms with van der Waals surface area (Å²) in [5.41, 5.74) is 4.45. The monoisotopic (exact) mass is 362 g/mol. The number of pyridine rings is 1. The van der Waals surface area contributed by atoms with Crippen molar-refractivity contribution in [2.45, 2.75) is 18.4 Å². The summed E-state index contributed by atoms with van der Waals surface area (Å²) in [7, 11) is 1.83. The van der Waals surface area contributed by atoms with Crippen LogP contribution in [0.25, 0.3) is 11.3 Å². The molecule has 2 aromatic carbocycles. The topological polar surface area (TPSA) is 33.2 Å². The lowest BCUT2D eigenvalue weighted by atomic mass is 10.1. The van der Waals surface area contributed by atoms with Gasteiger partial charge in [0, 0.05) is 24.1 Å². The molecule has 3 rings (SSSR count). The summed E-state index contributed by atoms with van der Waals surface area (Å²) in [5.74, 6) is -0.0106. The minimum atomic E-state index is -0.0106. The van der Waals surface area contributed by atoms with Crippen molar-refractivity contribution >= 4 is 17.7 Å². The highest BCUT2D eigenvalue weighted by Crippen LogP contribution is 2.20. The number of hydrogen-bond donors (Lipinski definition) is 0. The van der Waals surface area contributed by atoms with E-state index < -0.39 is 0 Å². The van der Waals surface area contributed by atoms with Crippen molar-refractivity contribution in [1.82, 2.24) is 9.88 Å². The molecule has 0 bridgehead atoms. The number of amides is 1. The lowest BCUT2D eigenvalue weighted by Gasteiger charge is -2.19. The Morgan fingerprint density at radius 3 is 2.31 bits per heavy atom. The largest absolute Gasteiger partial charge is 0.337 e. The van der Waals surface area contributed by atoms with E-state index in [2.05, 4.69) is 35.5 Å². The van der Waals surface area contributed by atoms with E-state index in [1.54, 1.807) is 16.7 Å². The van der Waals surface area contributed by atoms with E-state index in [0.717, 1.165) is 22.5 Å². The molecule has 3 nitrogen and oxygen atoms in total. The third-order valence-electron chi connectivity index (χ3n) is 4.31. The molecule has 0 aliphatic carbocycles. The van der Waals surface area contributed by atoms with Gasteiger partial charge >= 0.3 is 0 Å². The molecule has 3 aromatic rings. The van der Waals surface area contributed by atoms with Gasteiger partial charge in [-0.05, 0) is 43.0 Å². The fraction of sp³-hybridized carbons (Fsp3) is 0.182. The molecule has 4 heteroatoms. The lowest BCUT2D eigenvalue weighted by molar-refractivity contribution is 0.0784. The Bertz CT molecular complexity index is 892. The number of thioether (sulfide) groups is 1. The van der Waals surface area contributed by atoms with Crippen molar-refractivity contribution in [2.24, 2.45) is 0 Å². The van der Waals surface area contributed by atoms with E-state index in [1.165, 1.54) is 4.90 Å². The maximum atomic E-state index is 12.8. The average molecular weight is 362 g/mol. The summed E-state index contributed by atoms with van der Waals surface area (Å²) in [6, 6.07) is 22.1. The second-order valence-corrected chi connectivity index (χ2v) is 7.08. The molecule has 0 spiro atoms. The summed E-state index contributed by atoms with van der Waals surface area (Å²) < 4.78 is 0. The van der Waals surface area contributed by atoms with Gasteiger partial charge in [-0.1, -0.05) is 42.5 Å². The van der Waals surface area contributed by atoms with Crippen LogP contribution in [-0.4, -0.2) is 29.1 Å². The molecule has 0 unspecified atom stereocenters. The third-order valence-corrected chi connectivity index (χ3v) is 5.05. The quantitative estimate of drug-likeness (QED) is 0.595. The van der Waals surface area contributed by atoms with Crippen LogP contribution >= 0.6 is 11.8 Å². The van der Waals surface area contributed by atoms with Crippen LogP contribution in [0.15, 0.2) is 71.6 Å². The Labute approximate surface area is 159 Å². The zero-order valence-electron chi connectivity index (χ0n) is 15.3. The van der Waals surface area contributed by atoms with Crippen molar-refractivity contribution in [3.8, 4) is 11.3 Å². The molecule has 1 heterocycles. The summed E-state index contributed by atoms with van der Waals surface area (Å²) in [6.45, 7) is 2.47. The van der Waals surface area contributed by atoms with Gasteiger partial charge in [-0.3, -0.25) is 9.78 Å². The van der Waals surface area contributed by atoms with Gasteiger partial charge in [0.2, 0.25) is 0 Å². The normalized spacial score (nSPS) is 10.6. The van der Waals surface area contributed by atoms with Gasteiger partial charge < -0.3 is 4.90 Å². The maximum absolute atomic E-state index is 12.8. The predicted molar refractivity (Wildman–Crippen MR) is 108 cm³/mol. The molecular weight excluding hydrogens is 340 g/mol. The zero-order valence-corrected chi connectivity index (χ0v) is 16.1. The van der Waals surface area contributed by atoms with Crippen LogP contribution < -0.4 is 0 Å². The van der Waals surface area contributed by atoms with Gasteiger partial charge in [0.1, 0.15) is 0 Å². The lowest BCUT2D eigenvalue weighted by Crippen LogP contribution is -2.27. The molecule has 0 saturated heterocycles. The first-order valence-corrected chi connectivity index (χ1v) is 9.72. The molecule has 0 fully saturated rings. The van der Waals surface area contributed by atoms with E-state index in [1.807, 2.05) is 56.4 Å². The van der Waals surface area contributed by atoms with Crippen LogP contribution in [0.5, 0.6) is 0 Å². The van der Waals surface area contributed by atoms with Gasteiger partial charge in [-0.2, -0.15) is 0 Å². The SMILES string of the molecule is CSc1ccc(CN(C)C(=O)c2ccc(-c3ccccc3)nc2C)cc1. The fourth-order valence-electron chi connectivity index (χ4n) is 2.84. The van der Waals surface area contributed by atoms with Gasteiger partial charge in [-0.25, -0.2) is 0 Å². The molecule has 1 amide bonds. The molecule has 26 heavy (non-hydrogen) atoms. The van der Waals surface area contributed by atoms with E-state index in [4.69, 9.17) is 0 Å². The molecule has 0 N–H and O–H groups in total. The highest BCUT2D eigenvalue weighted by molar-refractivity contribution is 7.98. The third kappa shape index (κ3) is 4.14. The Morgan fingerprint density at radius 1 is 1.00 bits per heavy atom. The van der Waals surface area contributed by atoms with Gasteiger partial charge in [0.05, 0.1) is 17.0 Å². The first kappa shape index (κ1) is 18.2. The number of hydrogen-bond acceptors (Lipinski definition) is 3. The number of benzene rings is 2. The minimum absolute atomic E-state index is 0.0106. The van der Waals surface area contributed by atoms with Gasteiger partial charge in [0.25, 0.3) is 5.91 Å². The zero-order chi connectivity index (χ0) is 18.5. The van der Waals surface area contributed by atoms with Gasteiger partial charge in [0.15, 0.2) is 0 Å². The van der Waals surface area contributed by atoms with Crippen molar-refractivity contribution in [3.63, 3.8) is 0 Å². The van der Waals surface area contributed by atoms with Crippen LogP contribution in [0.1, 0.15) is 21.6 Å². The molecule has 0 saturated carbocycles. The Balaban J connectivity index is 1.76. The average Bonchev–Trinajstić information content (AvgIpc) is 2.68. The molecule has 0 aliphatic rings. The predicted octanol–water partition coefficient (Wildman–Crippen LogP) is 5.05. The van der Waals surface area contributed by atoms with E-state index in [-0.39, 0.29) is 5.91 Å². The number of aryl methyl sites for hydroxylation is 1. The first-order chi connectivity index (χ1) is 12.6. The molecule has 132 valence electrons. The smallest absolute Gasteiger partial charge is 0.255 e. The molecule has 0 atom stereocenters. The second-order valence-electron chi connectivity index (χ2n) is 6.20. The molecular formula is C22H22N2OS. The molecule has 1 aromatic heterocycles. The van der Waals surface area contributed by atoms with Crippen molar-refractivity contribution in [1.29, 1.82) is 0 Å². The Kier molecular flexibility index (Phi) is 5.74. The maximum Gasteiger partial charge on any atom is 0.255 e. The number of rotatable bonds is 5. The summed E-state index contributed by atoms with van der Waals surface area (Å²) in [6.07, 6.45) is 2.06. The van der Waals surface area contributed by atoms with Crippen LogP contribution in [0.2, 0.25) is 0 Å². The molecule has 0 aliphatic heterocycles. The minimum Gasteiger partial charge on any atom is -0.337 e. The van der Waals surface area contributed by atoms with Crippen molar-refractivity contribution in [3.05, 3.63) is 83.6 Å². The van der Waals surface area contributed by atoms with Crippen molar-refractivity contribution in [2.75, 3.05) is 13.3 Å². The van der Waals surface area contributed by atoms with Gasteiger partial charge in [-0.15, -0.1) is 11.8 Å². The first-order valence-electron chi connectivity index (χ1n) is 8.50. The Hall–Kier alpha value is -2.59. The highest BCUT2D eigenvalue weighted by atomic mass is 32.2. The van der Waals surface area contributed by atoms with Crippen LogP contribution in [-0.2, 0) is 6.54 Å². The summed E-state index contributed by atoms with van der Waals surface area (Å²) >= 11 is 1.71. The van der Waals surface area contributed by atoms with E-state index in [9.17, 15) is 4.79 Å². The van der Waals surface area contributed by atoms with Crippen LogP contribution in [0, 0.1) is 6.92 Å². The fourth-order valence-corrected chi connectivity index (χ4v) is 3.25.